The van der Waals surface area contributed by atoms with Gasteiger partial charge in [-0.2, -0.15) is 0 Å². The highest BCUT2D eigenvalue weighted by atomic mass is 32.2. The van der Waals surface area contributed by atoms with E-state index in [0.717, 1.165) is 12.0 Å². The van der Waals surface area contributed by atoms with Crippen LogP contribution in [-0.2, 0) is 14.3 Å². The van der Waals surface area contributed by atoms with Crippen LogP contribution < -0.4 is 0 Å². The molecule has 1 heterocycles. The lowest BCUT2D eigenvalue weighted by atomic mass is 10.2. The van der Waals surface area contributed by atoms with Crippen molar-refractivity contribution in [3.05, 3.63) is 35.9 Å². The van der Waals surface area contributed by atoms with E-state index in [0.29, 0.717) is 19.6 Å². The third kappa shape index (κ3) is 3.83. The maximum atomic E-state index is 11.5. The standard InChI is InChI=1S/C14H18O3S/c1-2-6-13(15)18-12-9-16-14(17-10-12)11-7-4-3-5-8-11/h3-5,7-8,12,14H,2,6,9-10H2,1H3. The van der Waals surface area contributed by atoms with E-state index in [1.165, 1.54) is 11.8 Å². The van der Waals surface area contributed by atoms with Crippen molar-refractivity contribution >= 4 is 16.9 Å². The summed E-state index contributed by atoms with van der Waals surface area (Å²) in [6, 6.07) is 9.87. The third-order valence-electron chi connectivity index (χ3n) is 2.69. The molecular weight excluding hydrogens is 248 g/mol. The summed E-state index contributed by atoms with van der Waals surface area (Å²) in [5.74, 6) is 0. The number of thioether (sulfide) groups is 1. The first-order valence-corrected chi connectivity index (χ1v) is 7.15. The summed E-state index contributed by atoms with van der Waals surface area (Å²) in [6.07, 6.45) is 1.24. The first-order valence-electron chi connectivity index (χ1n) is 6.27. The molecular formula is C14H18O3S. The molecule has 1 aliphatic rings. The molecule has 0 amide bonds. The highest BCUT2D eigenvalue weighted by Crippen LogP contribution is 2.27. The number of ether oxygens (including phenoxy) is 2. The summed E-state index contributed by atoms with van der Waals surface area (Å²) in [4.78, 5) is 11.5. The van der Waals surface area contributed by atoms with Crippen molar-refractivity contribution in [3.8, 4) is 0 Å². The van der Waals surface area contributed by atoms with Gasteiger partial charge >= 0.3 is 0 Å². The number of carbonyl (C=O) groups is 1. The van der Waals surface area contributed by atoms with Crippen LogP contribution in [0.4, 0.5) is 0 Å². The Kier molecular flexibility index (Phi) is 5.23. The molecule has 98 valence electrons. The Labute approximate surface area is 112 Å². The van der Waals surface area contributed by atoms with Crippen LogP contribution in [0, 0.1) is 0 Å². The zero-order valence-corrected chi connectivity index (χ0v) is 11.3. The zero-order valence-electron chi connectivity index (χ0n) is 10.5. The third-order valence-corrected chi connectivity index (χ3v) is 3.76. The summed E-state index contributed by atoms with van der Waals surface area (Å²) < 4.78 is 11.3. The van der Waals surface area contributed by atoms with Gasteiger partial charge in [-0.15, -0.1) is 0 Å². The monoisotopic (exact) mass is 266 g/mol. The van der Waals surface area contributed by atoms with Crippen LogP contribution in [-0.4, -0.2) is 23.6 Å². The number of hydrogen-bond acceptors (Lipinski definition) is 4. The van der Waals surface area contributed by atoms with Gasteiger partial charge in [-0.3, -0.25) is 4.79 Å². The van der Waals surface area contributed by atoms with Gasteiger partial charge in [0.1, 0.15) is 0 Å². The van der Waals surface area contributed by atoms with Gasteiger partial charge in [-0.25, -0.2) is 0 Å². The van der Waals surface area contributed by atoms with E-state index >= 15 is 0 Å². The Morgan fingerprint density at radius 2 is 1.94 bits per heavy atom. The van der Waals surface area contributed by atoms with Crippen molar-refractivity contribution in [2.24, 2.45) is 0 Å². The Morgan fingerprint density at radius 3 is 2.56 bits per heavy atom. The average Bonchev–Trinajstić information content (AvgIpc) is 2.41. The van der Waals surface area contributed by atoms with Crippen LogP contribution in [0.1, 0.15) is 31.6 Å². The van der Waals surface area contributed by atoms with Gasteiger partial charge < -0.3 is 9.47 Å². The molecule has 0 aromatic heterocycles. The SMILES string of the molecule is CCCC(=O)SC1COC(c2ccccc2)OC1. The van der Waals surface area contributed by atoms with Crippen molar-refractivity contribution in [2.75, 3.05) is 13.2 Å². The van der Waals surface area contributed by atoms with Crippen molar-refractivity contribution in [1.29, 1.82) is 0 Å². The minimum atomic E-state index is -0.288. The first-order chi connectivity index (χ1) is 8.79. The van der Waals surface area contributed by atoms with Gasteiger partial charge in [0.25, 0.3) is 0 Å². The fourth-order valence-electron chi connectivity index (χ4n) is 1.81. The van der Waals surface area contributed by atoms with E-state index in [9.17, 15) is 4.79 Å². The normalized spacial score (nSPS) is 23.8. The van der Waals surface area contributed by atoms with E-state index in [1.807, 2.05) is 37.3 Å². The van der Waals surface area contributed by atoms with Crippen LogP contribution in [0.5, 0.6) is 0 Å². The van der Waals surface area contributed by atoms with E-state index in [-0.39, 0.29) is 16.7 Å². The van der Waals surface area contributed by atoms with Gasteiger partial charge in [0, 0.05) is 12.0 Å². The molecule has 18 heavy (non-hydrogen) atoms. The second-order valence-corrected chi connectivity index (χ2v) is 5.63. The van der Waals surface area contributed by atoms with E-state index in [2.05, 4.69) is 0 Å². The Morgan fingerprint density at radius 1 is 1.28 bits per heavy atom. The molecule has 0 spiro atoms. The van der Waals surface area contributed by atoms with Gasteiger partial charge in [-0.05, 0) is 6.42 Å². The molecule has 0 unspecified atom stereocenters. The Balaban J connectivity index is 1.80. The molecule has 1 fully saturated rings. The maximum Gasteiger partial charge on any atom is 0.189 e. The summed E-state index contributed by atoms with van der Waals surface area (Å²) in [6.45, 7) is 3.15. The van der Waals surface area contributed by atoms with Gasteiger partial charge in [0.05, 0.1) is 18.5 Å². The second kappa shape index (κ2) is 6.92. The zero-order chi connectivity index (χ0) is 12.8. The summed E-state index contributed by atoms with van der Waals surface area (Å²) in [7, 11) is 0. The molecule has 0 saturated carbocycles. The topological polar surface area (TPSA) is 35.5 Å². The van der Waals surface area contributed by atoms with Crippen LogP contribution >= 0.6 is 11.8 Å². The Hall–Kier alpha value is -0.840. The van der Waals surface area contributed by atoms with E-state index in [4.69, 9.17) is 9.47 Å². The molecule has 4 heteroatoms. The largest absolute Gasteiger partial charge is 0.347 e. The van der Waals surface area contributed by atoms with Crippen molar-refractivity contribution < 1.29 is 14.3 Å². The number of benzene rings is 1. The predicted octanol–water partition coefficient (Wildman–Crippen LogP) is 3.16. The fraction of sp³-hybridized carbons (Fsp3) is 0.500. The van der Waals surface area contributed by atoms with Gasteiger partial charge in [0.2, 0.25) is 0 Å². The average molecular weight is 266 g/mol. The smallest absolute Gasteiger partial charge is 0.189 e. The minimum Gasteiger partial charge on any atom is -0.347 e. The molecule has 0 radical (unpaired) electrons. The molecule has 1 aliphatic heterocycles. The highest BCUT2D eigenvalue weighted by molar-refractivity contribution is 8.14. The second-order valence-electron chi connectivity index (χ2n) is 4.27. The van der Waals surface area contributed by atoms with E-state index < -0.39 is 0 Å². The minimum absolute atomic E-state index is 0.129. The molecule has 0 N–H and O–H groups in total. The van der Waals surface area contributed by atoms with Crippen molar-refractivity contribution in [2.45, 2.75) is 31.3 Å². The lowest BCUT2D eigenvalue weighted by Crippen LogP contribution is -2.30. The van der Waals surface area contributed by atoms with Crippen LogP contribution in [0.25, 0.3) is 0 Å². The number of carbonyl (C=O) groups excluding carboxylic acids is 1. The van der Waals surface area contributed by atoms with Gasteiger partial charge in [0.15, 0.2) is 11.4 Å². The molecule has 1 aromatic rings. The molecule has 0 aliphatic carbocycles. The van der Waals surface area contributed by atoms with Crippen LogP contribution in [0.3, 0.4) is 0 Å². The molecule has 3 nitrogen and oxygen atoms in total. The number of rotatable bonds is 4. The van der Waals surface area contributed by atoms with E-state index in [1.54, 1.807) is 0 Å². The quantitative estimate of drug-likeness (QED) is 0.838. The van der Waals surface area contributed by atoms with Crippen LogP contribution in [0.2, 0.25) is 0 Å². The van der Waals surface area contributed by atoms with Crippen molar-refractivity contribution in [1.82, 2.24) is 0 Å². The first kappa shape index (κ1) is 13.6. The predicted molar refractivity (Wildman–Crippen MR) is 72.4 cm³/mol. The molecule has 1 saturated heterocycles. The highest BCUT2D eigenvalue weighted by Gasteiger charge is 2.25. The molecule has 1 aromatic carbocycles. The Bertz CT molecular complexity index is 372. The molecule has 0 atom stereocenters. The maximum absolute atomic E-state index is 11.5. The molecule has 2 rings (SSSR count). The molecule has 0 bridgehead atoms. The lowest BCUT2D eigenvalue weighted by Gasteiger charge is -2.28. The fourth-order valence-corrected chi connectivity index (χ4v) is 2.79. The van der Waals surface area contributed by atoms with Crippen molar-refractivity contribution in [3.63, 3.8) is 0 Å². The summed E-state index contributed by atoms with van der Waals surface area (Å²) >= 11 is 1.35. The number of hydrogen-bond donors (Lipinski definition) is 0. The summed E-state index contributed by atoms with van der Waals surface area (Å²) in [5, 5.41) is 0.358. The van der Waals surface area contributed by atoms with Crippen LogP contribution in [0.15, 0.2) is 30.3 Å². The lowest BCUT2D eigenvalue weighted by molar-refractivity contribution is -0.180. The summed E-state index contributed by atoms with van der Waals surface area (Å²) in [5.41, 5.74) is 1.03. The van der Waals surface area contributed by atoms with Gasteiger partial charge in [-0.1, -0.05) is 49.0 Å².